The lowest BCUT2D eigenvalue weighted by Gasteiger charge is -2.17. The Balaban J connectivity index is 2.69. The van der Waals surface area contributed by atoms with Crippen molar-refractivity contribution >= 4 is 22.8 Å². The molecule has 7 heteroatoms. The molecule has 3 nitrogen and oxygen atoms in total. The second-order valence-electron chi connectivity index (χ2n) is 2.63. The van der Waals surface area contributed by atoms with Crippen LogP contribution in [0, 0.1) is 0 Å². The quantitative estimate of drug-likeness (QED) is 0.736. The first-order valence-electron chi connectivity index (χ1n) is 3.61. The van der Waals surface area contributed by atoms with Gasteiger partial charge in [-0.1, -0.05) is 11.3 Å². The average molecular weight is 224 g/mol. The van der Waals surface area contributed by atoms with Crippen molar-refractivity contribution in [3.63, 3.8) is 0 Å². The third-order valence-electron chi connectivity index (χ3n) is 1.37. The number of halogens is 3. The summed E-state index contributed by atoms with van der Waals surface area (Å²) < 4.78 is 35.8. The molecule has 0 fully saturated rings. The molecule has 1 rings (SSSR count). The van der Waals surface area contributed by atoms with Crippen LogP contribution in [0.15, 0.2) is 6.20 Å². The van der Waals surface area contributed by atoms with Crippen molar-refractivity contribution in [3.05, 3.63) is 11.1 Å². The predicted octanol–water partition coefficient (Wildman–Crippen LogP) is 1.95. The molecule has 0 amide bonds. The molecule has 78 valence electrons. The highest BCUT2D eigenvalue weighted by molar-refractivity contribution is 7.17. The minimum atomic E-state index is -4.26. The summed E-state index contributed by atoms with van der Waals surface area (Å²) in [5.74, 6) is 0. The highest BCUT2D eigenvalue weighted by atomic mass is 32.1. The molecule has 0 saturated carbocycles. The van der Waals surface area contributed by atoms with Gasteiger partial charge in [-0.3, -0.25) is 4.79 Å². The number of rotatable bonds is 3. The van der Waals surface area contributed by atoms with Crippen molar-refractivity contribution in [1.82, 2.24) is 4.98 Å². The first kappa shape index (κ1) is 11.0. The molecule has 0 aliphatic heterocycles. The maximum absolute atomic E-state index is 11.9. The Hall–Kier alpha value is -1.11. The molecule has 0 atom stereocenters. The summed E-state index contributed by atoms with van der Waals surface area (Å²) in [5.41, 5.74) is 0. The number of alkyl halides is 3. The highest BCUT2D eigenvalue weighted by Gasteiger charge is 2.30. The molecule has 0 N–H and O–H groups in total. The Kier molecular flexibility index (Phi) is 3.10. The van der Waals surface area contributed by atoms with E-state index in [0.29, 0.717) is 11.2 Å². The molecule has 0 aromatic carbocycles. The van der Waals surface area contributed by atoms with Crippen LogP contribution < -0.4 is 4.90 Å². The van der Waals surface area contributed by atoms with Crippen molar-refractivity contribution in [2.24, 2.45) is 0 Å². The van der Waals surface area contributed by atoms with Gasteiger partial charge in [0.05, 0.1) is 11.1 Å². The molecule has 0 bridgehead atoms. The summed E-state index contributed by atoms with van der Waals surface area (Å²) in [4.78, 5) is 15.2. The predicted molar refractivity (Wildman–Crippen MR) is 46.8 cm³/mol. The van der Waals surface area contributed by atoms with Crippen molar-refractivity contribution < 1.29 is 18.0 Å². The van der Waals surface area contributed by atoms with Crippen molar-refractivity contribution in [2.75, 3.05) is 18.5 Å². The third-order valence-corrected chi connectivity index (χ3v) is 2.41. The molecule has 0 aliphatic rings. The van der Waals surface area contributed by atoms with Crippen LogP contribution in [0.5, 0.6) is 0 Å². The summed E-state index contributed by atoms with van der Waals surface area (Å²) in [6.45, 7) is -1.07. The molecule has 0 unspecified atom stereocenters. The number of aldehydes is 1. The van der Waals surface area contributed by atoms with Gasteiger partial charge in [0.1, 0.15) is 6.54 Å². The summed E-state index contributed by atoms with van der Waals surface area (Å²) in [6, 6.07) is 0. The van der Waals surface area contributed by atoms with E-state index in [1.165, 1.54) is 13.2 Å². The summed E-state index contributed by atoms with van der Waals surface area (Å²) in [5, 5.41) is 0.185. The lowest BCUT2D eigenvalue weighted by molar-refractivity contribution is -0.119. The van der Waals surface area contributed by atoms with Gasteiger partial charge >= 0.3 is 6.18 Å². The smallest absolute Gasteiger partial charge is 0.342 e. The molecule has 0 saturated heterocycles. The number of hydrogen-bond acceptors (Lipinski definition) is 4. The normalized spacial score (nSPS) is 11.4. The van der Waals surface area contributed by atoms with E-state index in [1.807, 2.05) is 0 Å². The second kappa shape index (κ2) is 3.95. The topological polar surface area (TPSA) is 33.2 Å². The van der Waals surface area contributed by atoms with E-state index in [2.05, 4.69) is 4.98 Å². The molecule has 0 aliphatic carbocycles. The van der Waals surface area contributed by atoms with Gasteiger partial charge < -0.3 is 4.90 Å². The maximum atomic E-state index is 11.9. The number of aromatic nitrogens is 1. The summed E-state index contributed by atoms with van der Waals surface area (Å²) in [7, 11) is 1.28. The van der Waals surface area contributed by atoms with E-state index in [0.717, 1.165) is 16.2 Å². The van der Waals surface area contributed by atoms with Gasteiger partial charge in [-0.2, -0.15) is 13.2 Å². The number of anilines is 1. The fraction of sp³-hybridized carbons (Fsp3) is 0.429. The van der Waals surface area contributed by atoms with Crippen LogP contribution in [-0.4, -0.2) is 31.0 Å². The van der Waals surface area contributed by atoms with Gasteiger partial charge in [-0.15, -0.1) is 0 Å². The van der Waals surface area contributed by atoms with E-state index in [1.54, 1.807) is 0 Å². The minimum absolute atomic E-state index is 0.185. The molecule has 1 aromatic rings. The van der Waals surface area contributed by atoms with Crippen LogP contribution in [0.3, 0.4) is 0 Å². The lowest BCUT2D eigenvalue weighted by Crippen LogP contribution is -2.30. The highest BCUT2D eigenvalue weighted by Crippen LogP contribution is 2.24. The second-order valence-corrected chi connectivity index (χ2v) is 3.67. The first-order valence-corrected chi connectivity index (χ1v) is 4.43. The molecule has 1 aromatic heterocycles. The van der Waals surface area contributed by atoms with E-state index in [9.17, 15) is 18.0 Å². The van der Waals surface area contributed by atoms with Gasteiger partial charge in [-0.05, 0) is 0 Å². The van der Waals surface area contributed by atoms with Crippen molar-refractivity contribution in [2.45, 2.75) is 6.18 Å². The Bertz CT molecular complexity index is 323. The number of thiazole rings is 1. The molecular weight excluding hydrogens is 217 g/mol. The zero-order valence-electron chi connectivity index (χ0n) is 7.21. The standard InChI is InChI=1S/C7H7F3N2OS/c1-12(4-7(8,9)10)6-11-2-5(3-13)14-6/h2-3H,4H2,1H3. The van der Waals surface area contributed by atoms with Crippen molar-refractivity contribution in [3.8, 4) is 0 Å². The monoisotopic (exact) mass is 224 g/mol. The Morgan fingerprint density at radius 1 is 1.64 bits per heavy atom. The Labute approximate surface area is 82.2 Å². The minimum Gasteiger partial charge on any atom is -0.342 e. The lowest BCUT2D eigenvalue weighted by atomic mass is 10.6. The number of nitrogens with zero attached hydrogens (tertiary/aromatic N) is 2. The zero-order chi connectivity index (χ0) is 10.8. The van der Waals surface area contributed by atoms with Gasteiger partial charge in [0, 0.05) is 7.05 Å². The van der Waals surface area contributed by atoms with Gasteiger partial charge in [0.15, 0.2) is 11.4 Å². The van der Waals surface area contributed by atoms with Crippen LogP contribution >= 0.6 is 11.3 Å². The van der Waals surface area contributed by atoms with Crippen molar-refractivity contribution in [1.29, 1.82) is 0 Å². The third kappa shape index (κ3) is 2.99. The van der Waals surface area contributed by atoms with E-state index >= 15 is 0 Å². The summed E-state index contributed by atoms with van der Waals surface area (Å²) in [6.07, 6.45) is -2.45. The van der Waals surface area contributed by atoms with Crippen LogP contribution in [0.2, 0.25) is 0 Å². The number of carbonyl (C=O) groups is 1. The van der Waals surface area contributed by atoms with E-state index in [4.69, 9.17) is 0 Å². The number of carbonyl (C=O) groups excluding carboxylic acids is 1. The molecule has 1 heterocycles. The Morgan fingerprint density at radius 3 is 2.71 bits per heavy atom. The van der Waals surface area contributed by atoms with Gasteiger partial charge in [-0.25, -0.2) is 4.98 Å². The molecular formula is C7H7F3N2OS. The van der Waals surface area contributed by atoms with Crippen LogP contribution in [0.4, 0.5) is 18.3 Å². The first-order chi connectivity index (χ1) is 6.42. The van der Waals surface area contributed by atoms with Gasteiger partial charge in [0.2, 0.25) is 0 Å². The van der Waals surface area contributed by atoms with Crippen LogP contribution in [-0.2, 0) is 0 Å². The van der Waals surface area contributed by atoms with E-state index < -0.39 is 12.7 Å². The molecule has 0 radical (unpaired) electrons. The Morgan fingerprint density at radius 2 is 2.29 bits per heavy atom. The van der Waals surface area contributed by atoms with E-state index in [-0.39, 0.29) is 5.13 Å². The molecule has 14 heavy (non-hydrogen) atoms. The fourth-order valence-electron chi connectivity index (χ4n) is 0.844. The largest absolute Gasteiger partial charge is 0.405 e. The van der Waals surface area contributed by atoms with Gasteiger partial charge in [0.25, 0.3) is 0 Å². The fourth-order valence-corrected chi connectivity index (χ4v) is 1.53. The summed E-state index contributed by atoms with van der Waals surface area (Å²) >= 11 is 0.928. The van der Waals surface area contributed by atoms with Crippen LogP contribution in [0.1, 0.15) is 9.67 Å². The molecule has 0 spiro atoms. The SMILES string of the molecule is CN(CC(F)(F)F)c1ncc(C=O)s1. The average Bonchev–Trinajstić information content (AvgIpc) is 2.48. The van der Waals surface area contributed by atoms with Crippen LogP contribution in [0.25, 0.3) is 0 Å². The maximum Gasteiger partial charge on any atom is 0.405 e. The zero-order valence-corrected chi connectivity index (χ0v) is 8.02. The number of hydrogen-bond donors (Lipinski definition) is 0.